The van der Waals surface area contributed by atoms with Crippen LogP contribution in [0.4, 0.5) is 4.79 Å². The minimum atomic E-state index is -0.991. The number of carboxylic acid groups (broad SMARTS) is 1. The summed E-state index contributed by atoms with van der Waals surface area (Å²) in [4.78, 5) is 33.5. The highest BCUT2D eigenvalue weighted by Crippen LogP contribution is 2.05. The lowest BCUT2D eigenvalue weighted by atomic mass is 10.1. The van der Waals surface area contributed by atoms with Crippen molar-refractivity contribution in [2.45, 2.75) is 19.4 Å². The molecule has 0 spiro atoms. The summed E-state index contributed by atoms with van der Waals surface area (Å²) in [6.45, 7) is 1.84. The van der Waals surface area contributed by atoms with E-state index in [4.69, 9.17) is 5.11 Å². The molecule has 3 N–H and O–H groups in total. The number of hydrogen-bond donors (Lipinski definition) is 3. The molecule has 0 aliphatic rings. The first-order valence-corrected chi connectivity index (χ1v) is 6.38. The van der Waals surface area contributed by atoms with Gasteiger partial charge in [0.25, 0.3) is 0 Å². The van der Waals surface area contributed by atoms with Gasteiger partial charge in [0.15, 0.2) is 0 Å². The van der Waals surface area contributed by atoms with Crippen LogP contribution < -0.4 is 10.6 Å². The number of carbonyl (C=O) groups is 3. The van der Waals surface area contributed by atoms with Crippen LogP contribution in [0.5, 0.6) is 0 Å². The molecular formula is C14H18N2O5. The molecule has 21 heavy (non-hydrogen) atoms. The van der Waals surface area contributed by atoms with Crippen LogP contribution in [-0.2, 0) is 16.0 Å². The highest BCUT2D eigenvalue weighted by atomic mass is 16.5. The molecule has 1 unspecified atom stereocenters. The Hall–Kier alpha value is -2.57. The van der Waals surface area contributed by atoms with E-state index >= 15 is 0 Å². The Kier molecular flexibility index (Phi) is 6.19. The predicted octanol–water partition coefficient (Wildman–Crippen LogP) is 0.788. The second kappa shape index (κ2) is 7.88. The summed E-state index contributed by atoms with van der Waals surface area (Å²) in [7, 11) is 1.24. The average molecular weight is 294 g/mol. The number of ether oxygens (including phenoxy) is 1. The third kappa shape index (κ3) is 5.52. The molecule has 0 saturated heterocycles. The van der Waals surface area contributed by atoms with E-state index in [9.17, 15) is 14.4 Å². The van der Waals surface area contributed by atoms with Gasteiger partial charge in [0.05, 0.1) is 12.7 Å². The smallest absolute Gasteiger partial charge is 0.335 e. The van der Waals surface area contributed by atoms with Crippen molar-refractivity contribution in [2.24, 2.45) is 0 Å². The molecule has 0 saturated carbocycles. The van der Waals surface area contributed by atoms with E-state index < -0.39 is 24.0 Å². The Morgan fingerprint density at radius 1 is 1.33 bits per heavy atom. The van der Waals surface area contributed by atoms with E-state index in [1.807, 2.05) is 0 Å². The Bertz CT molecular complexity index is 530. The monoisotopic (exact) mass is 294 g/mol. The normalized spacial score (nSPS) is 11.3. The number of rotatable bonds is 6. The number of amides is 2. The molecule has 114 valence electrons. The Morgan fingerprint density at radius 2 is 2.05 bits per heavy atom. The highest BCUT2D eigenvalue weighted by Gasteiger charge is 2.15. The number of nitrogens with one attached hydrogen (secondary N) is 2. The molecule has 0 aliphatic heterocycles. The molecule has 0 fully saturated rings. The molecule has 0 aromatic heterocycles. The number of carbonyl (C=O) groups excluding carboxylic acids is 2. The lowest BCUT2D eigenvalue weighted by Gasteiger charge is -2.12. The Labute approximate surface area is 122 Å². The number of benzene rings is 1. The molecule has 1 rings (SSSR count). The van der Waals surface area contributed by atoms with Crippen LogP contribution in [0, 0.1) is 0 Å². The number of hydrogen-bond acceptors (Lipinski definition) is 4. The first-order chi connectivity index (χ1) is 9.93. The summed E-state index contributed by atoms with van der Waals surface area (Å²) >= 11 is 0. The van der Waals surface area contributed by atoms with Gasteiger partial charge in [0.1, 0.15) is 6.04 Å². The van der Waals surface area contributed by atoms with Crippen molar-refractivity contribution < 1.29 is 24.2 Å². The quantitative estimate of drug-likeness (QED) is 0.673. The average Bonchev–Trinajstić information content (AvgIpc) is 2.46. The van der Waals surface area contributed by atoms with Crippen molar-refractivity contribution in [2.75, 3.05) is 13.7 Å². The Balaban J connectivity index is 2.39. The zero-order chi connectivity index (χ0) is 15.8. The number of aromatic carboxylic acids is 1. The standard InChI is InChI=1S/C14H18N2O5/c1-9(13(19)21-2)16-14(20)15-7-6-10-4-3-5-11(8-10)12(17)18/h3-5,8-9H,6-7H2,1-2H3,(H,17,18)(H2,15,16,20). The molecule has 0 radical (unpaired) electrons. The third-order valence-corrected chi connectivity index (χ3v) is 2.78. The summed E-state index contributed by atoms with van der Waals surface area (Å²) in [5.41, 5.74) is 1.01. The topological polar surface area (TPSA) is 105 Å². The fraction of sp³-hybridized carbons (Fsp3) is 0.357. The van der Waals surface area contributed by atoms with E-state index in [-0.39, 0.29) is 5.56 Å². The molecule has 1 aromatic carbocycles. The van der Waals surface area contributed by atoms with E-state index in [1.54, 1.807) is 18.2 Å². The van der Waals surface area contributed by atoms with E-state index in [1.165, 1.54) is 20.1 Å². The summed E-state index contributed by atoms with van der Waals surface area (Å²) < 4.78 is 4.49. The molecule has 0 heterocycles. The molecule has 2 amide bonds. The second-order valence-corrected chi connectivity index (χ2v) is 4.40. The summed E-state index contributed by atoms with van der Waals surface area (Å²) in [5, 5.41) is 13.9. The van der Waals surface area contributed by atoms with Crippen LogP contribution in [0.2, 0.25) is 0 Å². The van der Waals surface area contributed by atoms with E-state index in [0.717, 1.165) is 5.56 Å². The van der Waals surface area contributed by atoms with Crippen LogP contribution >= 0.6 is 0 Å². The van der Waals surface area contributed by atoms with Crippen LogP contribution in [-0.4, -0.2) is 42.8 Å². The van der Waals surface area contributed by atoms with Gasteiger partial charge >= 0.3 is 18.0 Å². The van der Waals surface area contributed by atoms with Gasteiger partial charge in [-0.25, -0.2) is 14.4 Å². The zero-order valence-electron chi connectivity index (χ0n) is 11.9. The highest BCUT2D eigenvalue weighted by molar-refractivity contribution is 5.87. The van der Waals surface area contributed by atoms with Crippen molar-refractivity contribution in [1.82, 2.24) is 10.6 Å². The van der Waals surface area contributed by atoms with Gasteiger partial charge in [0.2, 0.25) is 0 Å². The minimum absolute atomic E-state index is 0.205. The lowest BCUT2D eigenvalue weighted by molar-refractivity contribution is -0.142. The fourth-order valence-electron chi connectivity index (χ4n) is 1.66. The van der Waals surface area contributed by atoms with Gasteiger partial charge in [-0.05, 0) is 31.0 Å². The molecule has 0 bridgehead atoms. The van der Waals surface area contributed by atoms with Crippen LogP contribution in [0.3, 0.4) is 0 Å². The van der Waals surface area contributed by atoms with Crippen molar-refractivity contribution in [3.8, 4) is 0 Å². The van der Waals surface area contributed by atoms with E-state index in [2.05, 4.69) is 15.4 Å². The number of esters is 1. The fourth-order valence-corrected chi connectivity index (χ4v) is 1.66. The largest absolute Gasteiger partial charge is 0.478 e. The SMILES string of the molecule is COC(=O)C(C)NC(=O)NCCc1cccc(C(=O)O)c1. The number of urea groups is 1. The second-order valence-electron chi connectivity index (χ2n) is 4.40. The number of carboxylic acids is 1. The third-order valence-electron chi connectivity index (χ3n) is 2.78. The summed E-state index contributed by atoms with van der Waals surface area (Å²) in [5.74, 6) is -1.52. The van der Waals surface area contributed by atoms with Gasteiger partial charge in [-0.2, -0.15) is 0 Å². The summed E-state index contributed by atoms with van der Waals surface area (Å²) in [6.07, 6.45) is 0.487. The van der Waals surface area contributed by atoms with Crippen molar-refractivity contribution in [1.29, 1.82) is 0 Å². The van der Waals surface area contributed by atoms with Crippen molar-refractivity contribution in [3.05, 3.63) is 35.4 Å². The van der Waals surface area contributed by atoms with Gasteiger partial charge < -0.3 is 20.5 Å². The van der Waals surface area contributed by atoms with Gasteiger partial charge in [0, 0.05) is 6.54 Å². The molecule has 0 aliphatic carbocycles. The molecule has 7 heteroatoms. The maximum absolute atomic E-state index is 11.5. The minimum Gasteiger partial charge on any atom is -0.478 e. The van der Waals surface area contributed by atoms with Crippen molar-refractivity contribution >= 4 is 18.0 Å². The lowest BCUT2D eigenvalue weighted by Crippen LogP contribution is -2.45. The molecule has 1 atom stereocenters. The maximum atomic E-state index is 11.5. The molecular weight excluding hydrogens is 276 g/mol. The maximum Gasteiger partial charge on any atom is 0.335 e. The predicted molar refractivity (Wildman–Crippen MR) is 75.1 cm³/mol. The summed E-state index contributed by atoms with van der Waals surface area (Å²) in [6, 6.07) is 5.28. The number of methoxy groups -OCH3 is 1. The van der Waals surface area contributed by atoms with Gasteiger partial charge in [-0.1, -0.05) is 12.1 Å². The van der Waals surface area contributed by atoms with Crippen molar-refractivity contribution in [3.63, 3.8) is 0 Å². The van der Waals surface area contributed by atoms with Crippen LogP contribution in [0.15, 0.2) is 24.3 Å². The molecule has 7 nitrogen and oxygen atoms in total. The first kappa shape index (κ1) is 16.5. The van der Waals surface area contributed by atoms with Gasteiger partial charge in [-0.15, -0.1) is 0 Å². The van der Waals surface area contributed by atoms with E-state index in [0.29, 0.717) is 13.0 Å². The van der Waals surface area contributed by atoms with Crippen LogP contribution in [0.1, 0.15) is 22.8 Å². The Morgan fingerprint density at radius 3 is 2.67 bits per heavy atom. The van der Waals surface area contributed by atoms with Gasteiger partial charge in [-0.3, -0.25) is 0 Å². The molecule has 1 aromatic rings. The zero-order valence-corrected chi connectivity index (χ0v) is 11.9. The first-order valence-electron chi connectivity index (χ1n) is 6.38. The van der Waals surface area contributed by atoms with Crippen LogP contribution in [0.25, 0.3) is 0 Å².